The molecule has 7 nitrogen and oxygen atoms in total. The molecule has 2 N–H and O–H groups in total. The number of benzene rings is 1. The monoisotopic (exact) mass is 374 g/mol. The summed E-state index contributed by atoms with van der Waals surface area (Å²) < 4.78 is 5.66. The van der Waals surface area contributed by atoms with Gasteiger partial charge in [0.25, 0.3) is 5.91 Å². The largest absolute Gasteiger partial charge is 0.478 e. The Balaban J connectivity index is 1.85. The number of nitrogens with zero attached hydrogens (tertiary/aromatic N) is 1. The number of carboxylic acid groups (broad SMARTS) is 1. The summed E-state index contributed by atoms with van der Waals surface area (Å²) in [5, 5.41) is 11.6. The summed E-state index contributed by atoms with van der Waals surface area (Å²) >= 11 is 5.97. The normalized spacial score (nSPS) is 15.6. The molecule has 0 unspecified atom stereocenters. The van der Waals surface area contributed by atoms with E-state index in [2.05, 4.69) is 5.32 Å². The zero-order chi connectivity index (χ0) is 18.8. The van der Waals surface area contributed by atoms with Gasteiger partial charge in [0, 0.05) is 18.2 Å². The fraction of sp³-hybridized carbons (Fsp3) is 0.167. The lowest BCUT2D eigenvalue weighted by atomic mass is 10.1. The van der Waals surface area contributed by atoms with E-state index in [4.69, 9.17) is 21.1 Å². The Hall–Kier alpha value is -3.06. The second-order valence-electron chi connectivity index (χ2n) is 5.65. The number of imide groups is 1. The summed E-state index contributed by atoms with van der Waals surface area (Å²) in [6.07, 6.45) is 2.12. The van der Waals surface area contributed by atoms with E-state index < -0.39 is 17.9 Å². The van der Waals surface area contributed by atoms with Gasteiger partial charge in [-0.25, -0.2) is 9.59 Å². The lowest BCUT2D eigenvalue weighted by Gasteiger charge is -2.08. The second kappa shape index (κ2) is 7.05. The third-order valence-electron chi connectivity index (χ3n) is 3.81. The van der Waals surface area contributed by atoms with Crippen molar-refractivity contribution in [2.24, 2.45) is 0 Å². The summed E-state index contributed by atoms with van der Waals surface area (Å²) in [7, 11) is 0. The molecule has 2 aromatic rings. The van der Waals surface area contributed by atoms with Gasteiger partial charge in [-0.05, 0) is 30.7 Å². The Kier molecular flexibility index (Phi) is 4.81. The van der Waals surface area contributed by atoms with Crippen molar-refractivity contribution < 1.29 is 23.9 Å². The van der Waals surface area contributed by atoms with Gasteiger partial charge < -0.3 is 14.8 Å². The van der Waals surface area contributed by atoms with Gasteiger partial charge in [0.15, 0.2) is 0 Å². The van der Waals surface area contributed by atoms with Gasteiger partial charge in [0.1, 0.15) is 17.2 Å². The molecule has 26 heavy (non-hydrogen) atoms. The molecule has 134 valence electrons. The summed E-state index contributed by atoms with van der Waals surface area (Å²) in [5.41, 5.74) is 0.738. The molecule has 0 aliphatic carbocycles. The van der Waals surface area contributed by atoms with Crippen LogP contribution in [0.15, 0.2) is 40.4 Å². The highest BCUT2D eigenvalue weighted by Gasteiger charge is 2.32. The first-order chi connectivity index (χ1) is 12.4. The maximum atomic E-state index is 12.2. The van der Waals surface area contributed by atoms with Gasteiger partial charge in [-0.2, -0.15) is 0 Å². The van der Waals surface area contributed by atoms with Gasteiger partial charge in [-0.3, -0.25) is 9.69 Å². The van der Waals surface area contributed by atoms with E-state index in [1.165, 1.54) is 18.2 Å². The number of hydrogen-bond donors (Lipinski definition) is 2. The molecule has 1 aromatic carbocycles. The van der Waals surface area contributed by atoms with Crippen LogP contribution in [0.1, 0.15) is 29.5 Å². The smallest absolute Gasteiger partial charge is 0.337 e. The van der Waals surface area contributed by atoms with Gasteiger partial charge in [-0.15, -0.1) is 0 Å². The van der Waals surface area contributed by atoms with Crippen molar-refractivity contribution in [2.45, 2.75) is 13.3 Å². The highest BCUT2D eigenvalue weighted by Crippen LogP contribution is 2.28. The van der Waals surface area contributed by atoms with E-state index in [0.29, 0.717) is 30.0 Å². The second-order valence-corrected chi connectivity index (χ2v) is 6.05. The zero-order valence-electron chi connectivity index (χ0n) is 13.8. The molecule has 3 rings (SSSR count). The number of halogens is 1. The fourth-order valence-electron chi connectivity index (χ4n) is 2.57. The van der Waals surface area contributed by atoms with Crippen LogP contribution in [0.2, 0.25) is 5.02 Å². The van der Waals surface area contributed by atoms with Crippen molar-refractivity contribution in [3.8, 4) is 11.3 Å². The number of rotatable bonds is 5. The minimum absolute atomic E-state index is 0.000375. The quantitative estimate of drug-likeness (QED) is 0.615. The van der Waals surface area contributed by atoms with Crippen molar-refractivity contribution in [1.82, 2.24) is 10.2 Å². The molecule has 0 saturated carbocycles. The van der Waals surface area contributed by atoms with Crippen molar-refractivity contribution in [2.75, 3.05) is 6.54 Å². The average Bonchev–Trinajstić information content (AvgIpc) is 3.15. The van der Waals surface area contributed by atoms with Crippen LogP contribution in [0.5, 0.6) is 0 Å². The van der Waals surface area contributed by atoms with Crippen LogP contribution in [-0.2, 0) is 4.79 Å². The Labute approximate surface area is 153 Å². The van der Waals surface area contributed by atoms with Gasteiger partial charge in [0.2, 0.25) is 0 Å². The predicted molar refractivity (Wildman–Crippen MR) is 94.6 cm³/mol. The van der Waals surface area contributed by atoms with Crippen LogP contribution < -0.4 is 5.32 Å². The van der Waals surface area contributed by atoms with E-state index in [0.717, 1.165) is 4.90 Å². The van der Waals surface area contributed by atoms with E-state index in [-0.39, 0.29) is 16.3 Å². The Morgan fingerprint density at radius 2 is 2.08 bits per heavy atom. The molecule has 1 aliphatic rings. The summed E-state index contributed by atoms with van der Waals surface area (Å²) in [6, 6.07) is 7.32. The van der Waals surface area contributed by atoms with E-state index in [9.17, 15) is 14.4 Å². The van der Waals surface area contributed by atoms with Crippen LogP contribution >= 0.6 is 11.6 Å². The number of furan rings is 1. The molecule has 1 aromatic heterocycles. The molecule has 0 bridgehead atoms. The number of carbonyl (C=O) groups excluding carboxylic acids is 2. The number of nitrogens with one attached hydrogen (secondary N) is 1. The molecular formula is C18H15ClN2O5. The SMILES string of the molecule is CCCN1C(=O)N/C(=C/c2ccc(-c3ccc(C(=O)O)c(Cl)c3)o2)C1=O. The highest BCUT2D eigenvalue weighted by atomic mass is 35.5. The first-order valence-corrected chi connectivity index (χ1v) is 8.26. The fourth-order valence-corrected chi connectivity index (χ4v) is 2.83. The molecule has 0 spiro atoms. The van der Waals surface area contributed by atoms with Crippen molar-refractivity contribution in [1.29, 1.82) is 0 Å². The lowest BCUT2D eigenvalue weighted by molar-refractivity contribution is -0.122. The Morgan fingerprint density at radius 1 is 1.31 bits per heavy atom. The Morgan fingerprint density at radius 3 is 2.73 bits per heavy atom. The maximum Gasteiger partial charge on any atom is 0.337 e. The van der Waals surface area contributed by atoms with Crippen LogP contribution in [-0.4, -0.2) is 34.5 Å². The number of hydrogen-bond acceptors (Lipinski definition) is 4. The van der Waals surface area contributed by atoms with Crippen LogP contribution in [0.3, 0.4) is 0 Å². The predicted octanol–water partition coefficient (Wildman–Crippen LogP) is 3.60. The molecule has 2 heterocycles. The van der Waals surface area contributed by atoms with Crippen molar-refractivity contribution in [3.05, 3.63) is 52.4 Å². The molecule has 1 fully saturated rings. The van der Waals surface area contributed by atoms with E-state index >= 15 is 0 Å². The average molecular weight is 375 g/mol. The van der Waals surface area contributed by atoms with Crippen LogP contribution in [0, 0.1) is 0 Å². The standard InChI is InChI=1S/C18H15ClN2O5/c1-2-7-21-16(22)14(20-18(21)25)9-11-4-6-15(26-11)10-3-5-12(17(23)24)13(19)8-10/h3-6,8-9H,2,7H2,1H3,(H,20,25)(H,23,24)/b14-9+. The minimum atomic E-state index is -1.11. The maximum absolute atomic E-state index is 12.2. The van der Waals surface area contributed by atoms with Gasteiger partial charge in [0.05, 0.1) is 10.6 Å². The molecule has 8 heteroatoms. The van der Waals surface area contributed by atoms with Crippen LogP contribution in [0.4, 0.5) is 4.79 Å². The highest BCUT2D eigenvalue weighted by molar-refractivity contribution is 6.33. The third kappa shape index (κ3) is 3.34. The molecule has 1 saturated heterocycles. The van der Waals surface area contributed by atoms with Crippen molar-refractivity contribution in [3.63, 3.8) is 0 Å². The lowest BCUT2D eigenvalue weighted by Crippen LogP contribution is -2.31. The first-order valence-electron chi connectivity index (χ1n) is 7.88. The topological polar surface area (TPSA) is 99.8 Å². The Bertz CT molecular complexity index is 931. The van der Waals surface area contributed by atoms with Gasteiger partial charge in [-0.1, -0.05) is 24.6 Å². The number of amides is 3. The van der Waals surface area contributed by atoms with Crippen molar-refractivity contribution >= 4 is 35.6 Å². The zero-order valence-corrected chi connectivity index (χ0v) is 14.5. The number of urea groups is 1. The third-order valence-corrected chi connectivity index (χ3v) is 4.12. The first kappa shape index (κ1) is 17.8. The van der Waals surface area contributed by atoms with Crippen LogP contribution in [0.25, 0.3) is 17.4 Å². The number of carboxylic acids is 1. The summed E-state index contributed by atoms with van der Waals surface area (Å²) in [5.74, 6) is -0.680. The number of carbonyl (C=O) groups is 3. The molecule has 1 aliphatic heterocycles. The number of aromatic carboxylic acids is 1. The van der Waals surface area contributed by atoms with Gasteiger partial charge >= 0.3 is 12.0 Å². The summed E-state index contributed by atoms with van der Waals surface area (Å²) in [6.45, 7) is 2.22. The molecular weight excluding hydrogens is 360 g/mol. The molecule has 3 amide bonds. The molecule has 0 atom stereocenters. The van der Waals surface area contributed by atoms with E-state index in [1.807, 2.05) is 6.92 Å². The molecule has 0 radical (unpaired) electrons. The minimum Gasteiger partial charge on any atom is -0.478 e. The summed E-state index contributed by atoms with van der Waals surface area (Å²) in [4.78, 5) is 36.1. The van der Waals surface area contributed by atoms with E-state index in [1.54, 1.807) is 18.2 Å².